The Balaban J connectivity index is 2.15. The normalized spacial score (nSPS) is 10.4. The van der Waals surface area contributed by atoms with Crippen LogP contribution in [0.15, 0.2) is 56.2 Å². The lowest BCUT2D eigenvalue weighted by Gasteiger charge is -2.14. The van der Waals surface area contributed by atoms with Crippen LogP contribution in [0, 0.1) is 50.4 Å². The molecule has 1 aromatic heterocycles. The molecule has 6 heteroatoms. The molecule has 4 nitrogen and oxygen atoms in total. The fraction of sp³-hybridized carbons (Fsp3) is 0.182. The standard InChI is InChI=1S/C22H18N4S2/c1-13-7-5-8-14(2)19(13)27-21-22(26-18(12-24)17(11-23)25-21)28-20-15(3)9-6-10-16(20)4/h5-10H,1-4H3. The fourth-order valence-corrected chi connectivity index (χ4v) is 4.90. The molecule has 138 valence electrons. The van der Waals surface area contributed by atoms with Gasteiger partial charge in [-0.15, -0.1) is 0 Å². The van der Waals surface area contributed by atoms with Gasteiger partial charge in [0.1, 0.15) is 22.2 Å². The Kier molecular flexibility index (Phi) is 6.04. The van der Waals surface area contributed by atoms with E-state index in [9.17, 15) is 10.5 Å². The molecule has 28 heavy (non-hydrogen) atoms. The molecule has 0 amide bonds. The average Bonchev–Trinajstić information content (AvgIpc) is 2.68. The van der Waals surface area contributed by atoms with E-state index in [1.807, 2.05) is 24.3 Å². The molecule has 2 aromatic carbocycles. The van der Waals surface area contributed by atoms with E-state index in [2.05, 4.69) is 61.9 Å². The fourth-order valence-electron chi connectivity index (χ4n) is 2.81. The largest absolute Gasteiger partial charge is 0.224 e. The van der Waals surface area contributed by atoms with Gasteiger partial charge in [-0.05, 0) is 49.9 Å². The van der Waals surface area contributed by atoms with Crippen molar-refractivity contribution in [3.63, 3.8) is 0 Å². The summed E-state index contributed by atoms with van der Waals surface area (Å²) in [5.41, 5.74) is 4.66. The first-order valence-electron chi connectivity index (χ1n) is 8.65. The molecule has 0 aliphatic heterocycles. The second-order valence-electron chi connectivity index (χ2n) is 6.40. The summed E-state index contributed by atoms with van der Waals surface area (Å²) in [5, 5.41) is 20.1. The summed E-state index contributed by atoms with van der Waals surface area (Å²) >= 11 is 2.98. The van der Waals surface area contributed by atoms with Crippen molar-refractivity contribution in [1.29, 1.82) is 10.5 Å². The van der Waals surface area contributed by atoms with Gasteiger partial charge >= 0.3 is 0 Å². The van der Waals surface area contributed by atoms with Crippen LogP contribution in [-0.2, 0) is 0 Å². The molecule has 1 heterocycles. The monoisotopic (exact) mass is 402 g/mol. The van der Waals surface area contributed by atoms with Gasteiger partial charge in [0, 0.05) is 9.79 Å². The van der Waals surface area contributed by atoms with Crippen LogP contribution < -0.4 is 0 Å². The highest BCUT2D eigenvalue weighted by Crippen LogP contribution is 2.40. The minimum absolute atomic E-state index is 0.0575. The van der Waals surface area contributed by atoms with Gasteiger partial charge in [-0.3, -0.25) is 0 Å². The Hall–Kier alpha value is -2.80. The Morgan fingerprint density at radius 2 is 0.964 bits per heavy atom. The van der Waals surface area contributed by atoms with Gasteiger partial charge in [-0.1, -0.05) is 59.9 Å². The summed E-state index contributed by atoms with van der Waals surface area (Å²) in [6.45, 7) is 8.21. The molecule has 0 saturated heterocycles. The summed E-state index contributed by atoms with van der Waals surface area (Å²) in [6.07, 6.45) is 0. The summed E-state index contributed by atoms with van der Waals surface area (Å²) in [6, 6.07) is 16.2. The van der Waals surface area contributed by atoms with E-state index in [4.69, 9.17) is 0 Å². The zero-order valence-electron chi connectivity index (χ0n) is 16.1. The maximum atomic E-state index is 9.40. The molecule has 0 fully saturated rings. The van der Waals surface area contributed by atoms with E-state index >= 15 is 0 Å². The smallest absolute Gasteiger partial charge is 0.178 e. The van der Waals surface area contributed by atoms with Crippen molar-refractivity contribution in [2.75, 3.05) is 0 Å². The van der Waals surface area contributed by atoms with Crippen LogP contribution in [-0.4, -0.2) is 9.97 Å². The second-order valence-corrected chi connectivity index (χ2v) is 8.40. The van der Waals surface area contributed by atoms with E-state index in [0.717, 1.165) is 32.0 Å². The van der Waals surface area contributed by atoms with Crippen LogP contribution in [0.25, 0.3) is 0 Å². The molecule has 3 aromatic rings. The predicted octanol–water partition coefficient (Wildman–Crippen LogP) is 5.76. The summed E-state index contributed by atoms with van der Waals surface area (Å²) < 4.78 is 0. The quantitative estimate of drug-likeness (QED) is 0.553. The molecule has 0 bridgehead atoms. The Morgan fingerprint density at radius 3 is 1.25 bits per heavy atom. The van der Waals surface area contributed by atoms with Gasteiger partial charge in [0.05, 0.1) is 0 Å². The van der Waals surface area contributed by atoms with E-state index in [1.54, 1.807) is 0 Å². The SMILES string of the molecule is Cc1cccc(C)c1Sc1nc(C#N)c(C#N)nc1Sc1c(C)cccc1C. The van der Waals surface area contributed by atoms with Crippen LogP contribution in [0.3, 0.4) is 0 Å². The van der Waals surface area contributed by atoms with Crippen molar-refractivity contribution in [2.45, 2.75) is 47.5 Å². The van der Waals surface area contributed by atoms with E-state index < -0.39 is 0 Å². The second kappa shape index (κ2) is 8.48. The minimum Gasteiger partial charge on any atom is -0.224 e. The van der Waals surface area contributed by atoms with Crippen LogP contribution in [0.4, 0.5) is 0 Å². The maximum Gasteiger partial charge on any atom is 0.178 e. The first-order chi connectivity index (χ1) is 13.4. The van der Waals surface area contributed by atoms with Crippen molar-refractivity contribution in [3.05, 3.63) is 70.0 Å². The first kappa shape index (κ1) is 19.9. The number of aromatic nitrogens is 2. The van der Waals surface area contributed by atoms with Crippen LogP contribution >= 0.6 is 23.5 Å². The summed E-state index contributed by atoms with van der Waals surface area (Å²) in [4.78, 5) is 11.2. The molecule has 0 unspecified atom stereocenters. The number of rotatable bonds is 4. The number of hydrogen-bond donors (Lipinski definition) is 0. The number of nitriles is 2. The average molecular weight is 403 g/mol. The topological polar surface area (TPSA) is 73.4 Å². The third-order valence-electron chi connectivity index (χ3n) is 4.26. The minimum atomic E-state index is 0.0575. The highest BCUT2D eigenvalue weighted by Gasteiger charge is 2.19. The van der Waals surface area contributed by atoms with E-state index in [-0.39, 0.29) is 11.4 Å². The molecule has 3 rings (SSSR count). The summed E-state index contributed by atoms with van der Waals surface area (Å²) in [7, 11) is 0. The lowest BCUT2D eigenvalue weighted by atomic mass is 10.2. The molecule has 0 spiro atoms. The maximum absolute atomic E-state index is 9.40. The van der Waals surface area contributed by atoms with Crippen LogP contribution in [0.2, 0.25) is 0 Å². The zero-order valence-corrected chi connectivity index (χ0v) is 17.7. The van der Waals surface area contributed by atoms with E-state index in [1.165, 1.54) is 23.5 Å². The van der Waals surface area contributed by atoms with Gasteiger partial charge < -0.3 is 0 Å². The predicted molar refractivity (Wildman–Crippen MR) is 112 cm³/mol. The molecular weight excluding hydrogens is 384 g/mol. The van der Waals surface area contributed by atoms with Gasteiger partial charge in [-0.2, -0.15) is 10.5 Å². The van der Waals surface area contributed by atoms with Crippen molar-refractivity contribution in [1.82, 2.24) is 9.97 Å². The van der Waals surface area contributed by atoms with Crippen molar-refractivity contribution >= 4 is 23.5 Å². The molecule has 0 aliphatic carbocycles. The number of hydrogen-bond acceptors (Lipinski definition) is 6. The molecule has 0 radical (unpaired) electrons. The third kappa shape index (κ3) is 4.04. The van der Waals surface area contributed by atoms with Crippen molar-refractivity contribution < 1.29 is 0 Å². The zero-order chi connectivity index (χ0) is 20.3. The number of aryl methyl sites for hydroxylation is 4. The van der Waals surface area contributed by atoms with Crippen molar-refractivity contribution in [3.8, 4) is 12.1 Å². The van der Waals surface area contributed by atoms with Crippen LogP contribution in [0.1, 0.15) is 33.6 Å². The van der Waals surface area contributed by atoms with Gasteiger partial charge in [0.2, 0.25) is 0 Å². The Bertz CT molecular complexity index is 1010. The third-order valence-corrected chi connectivity index (χ3v) is 7.04. The summed E-state index contributed by atoms with van der Waals surface area (Å²) in [5.74, 6) is 0. The Labute approximate surface area is 173 Å². The first-order valence-corrected chi connectivity index (χ1v) is 10.3. The molecule has 0 atom stereocenters. The van der Waals surface area contributed by atoms with E-state index in [0.29, 0.717) is 10.1 Å². The van der Waals surface area contributed by atoms with Crippen molar-refractivity contribution in [2.24, 2.45) is 0 Å². The molecule has 0 aliphatic rings. The highest BCUT2D eigenvalue weighted by atomic mass is 32.2. The lowest BCUT2D eigenvalue weighted by molar-refractivity contribution is 0.890. The Morgan fingerprint density at radius 1 is 0.643 bits per heavy atom. The number of benzene rings is 2. The van der Waals surface area contributed by atoms with Crippen LogP contribution in [0.5, 0.6) is 0 Å². The van der Waals surface area contributed by atoms with Gasteiger partial charge in [0.25, 0.3) is 0 Å². The number of nitrogens with zero attached hydrogens (tertiary/aromatic N) is 4. The molecule has 0 saturated carbocycles. The molecule has 0 N–H and O–H groups in total. The highest BCUT2D eigenvalue weighted by molar-refractivity contribution is 8.02. The van der Waals surface area contributed by atoms with Gasteiger partial charge in [0.15, 0.2) is 11.4 Å². The molecular formula is C22H18N4S2. The van der Waals surface area contributed by atoms with Gasteiger partial charge in [-0.25, -0.2) is 9.97 Å². The lowest BCUT2D eigenvalue weighted by Crippen LogP contribution is -2.00.